The monoisotopic (exact) mass is 417 g/mol. The Morgan fingerprint density at radius 2 is 1.93 bits per heavy atom. The fourth-order valence-electron chi connectivity index (χ4n) is 3.87. The molecule has 1 amide bonds. The molecule has 7 nitrogen and oxygen atoms in total. The van der Waals surface area contributed by atoms with Gasteiger partial charge in [0.1, 0.15) is 5.39 Å². The van der Waals surface area contributed by atoms with Crippen LogP contribution in [0.3, 0.4) is 0 Å². The van der Waals surface area contributed by atoms with Gasteiger partial charge in [-0.2, -0.15) is 5.10 Å². The first kappa shape index (κ1) is 18.6. The number of amides is 1. The van der Waals surface area contributed by atoms with Crippen LogP contribution in [-0.4, -0.2) is 37.5 Å². The number of benzene rings is 2. The Kier molecular flexibility index (Phi) is 4.63. The average molecular weight is 417 g/mol. The molecule has 0 saturated carbocycles. The number of hydrogen-bond acceptors (Lipinski definition) is 5. The molecule has 1 aliphatic heterocycles. The Bertz CT molecular complexity index is 1300. The van der Waals surface area contributed by atoms with Crippen LogP contribution in [0, 0.1) is 0 Å². The lowest BCUT2D eigenvalue weighted by atomic mass is 10.1. The maximum atomic E-state index is 12.9. The highest BCUT2D eigenvalue weighted by Crippen LogP contribution is 2.32. The van der Waals surface area contributed by atoms with Gasteiger partial charge in [0.25, 0.3) is 5.56 Å². The second kappa shape index (κ2) is 7.46. The Morgan fingerprint density at radius 3 is 2.77 bits per heavy atom. The lowest BCUT2D eigenvalue weighted by Gasteiger charge is -2.22. The maximum Gasteiger partial charge on any atom is 0.262 e. The highest BCUT2D eigenvalue weighted by atomic mass is 32.2. The van der Waals surface area contributed by atoms with Crippen LogP contribution >= 0.6 is 11.8 Å². The number of hydrogen-bond donors (Lipinski definition) is 1. The summed E-state index contributed by atoms with van der Waals surface area (Å²) >= 11 is 1.23. The summed E-state index contributed by atoms with van der Waals surface area (Å²) in [6.45, 7) is 2.05. The summed E-state index contributed by atoms with van der Waals surface area (Å²) in [5.41, 5.74) is 3.18. The molecule has 2 aromatic carbocycles. The Hall–Kier alpha value is -3.39. The SMILES string of the molecule is C[C@@H]1Cc2ccccc2N1C(=O)CSc1nc2c(cnn2-c2ccccc2)c(=O)[nH]1. The lowest BCUT2D eigenvalue weighted by molar-refractivity contribution is -0.116. The first-order valence-electron chi connectivity index (χ1n) is 9.68. The van der Waals surface area contributed by atoms with Gasteiger partial charge >= 0.3 is 0 Å². The van der Waals surface area contributed by atoms with Crippen molar-refractivity contribution in [1.29, 1.82) is 0 Å². The number of H-pyrrole nitrogens is 1. The maximum absolute atomic E-state index is 12.9. The van der Waals surface area contributed by atoms with Crippen molar-refractivity contribution >= 4 is 34.4 Å². The number of fused-ring (bicyclic) bond motifs is 2. The molecule has 0 unspecified atom stereocenters. The van der Waals surface area contributed by atoms with E-state index in [0.29, 0.717) is 16.2 Å². The van der Waals surface area contributed by atoms with Gasteiger partial charge in [0.15, 0.2) is 10.8 Å². The molecule has 150 valence electrons. The number of nitrogens with one attached hydrogen (secondary N) is 1. The Balaban J connectivity index is 1.41. The fourth-order valence-corrected chi connectivity index (χ4v) is 4.59. The smallest absolute Gasteiger partial charge is 0.262 e. The molecule has 0 fully saturated rings. The highest BCUT2D eigenvalue weighted by Gasteiger charge is 2.30. The molecule has 8 heteroatoms. The predicted octanol–water partition coefficient (Wildman–Crippen LogP) is 3.18. The number of aromatic amines is 1. The molecule has 30 heavy (non-hydrogen) atoms. The third-order valence-electron chi connectivity index (χ3n) is 5.23. The Labute approximate surface area is 176 Å². The van der Waals surface area contributed by atoms with Crippen LogP contribution in [0.15, 0.2) is 70.7 Å². The van der Waals surface area contributed by atoms with E-state index in [0.717, 1.165) is 17.8 Å². The molecule has 5 rings (SSSR count). The topological polar surface area (TPSA) is 83.9 Å². The van der Waals surface area contributed by atoms with Crippen molar-refractivity contribution in [3.8, 4) is 5.69 Å². The number of carbonyl (C=O) groups excluding carboxylic acids is 1. The van der Waals surface area contributed by atoms with Gasteiger partial charge in [-0.1, -0.05) is 48.2 Å². The molecular weight excluding hydrogens is 398 g/mol. The van der Waals surface area contributed by atoms with Gasteiger partial charge in [-0.3, -0.25) is 9.59 Å². The van der Waals surface area contributed by atoms with Gasteiger partial charge in [0, 0.05) is 11.7 Å². The van der Waals surface area contributed by atoms with E-state index in [4.69, 9.17) is 0 Å². The summed E-state index contributed by atoms with van der Waals surface area (Å²) in [4.78, 5) is 34.6. The van der Waals surface area contributed by atoms with E-state index in [-0.39, 0.29) is 23.3 Å². The van der Waals surface area contributed by atoms with E-state index in [2.05, 4.69) is 21.1 Å². The first-order valence-corrected chi connectivity index (χ1v) is 10.7. The van der Waals surface area contributed by atoms with Gasteiger partial charge in [-0.25, -0.2) is 9.67 Å². The van der Waals surface area contributed by atoms with Crippen LogP contribution in [0.2, 0.25) is 0 Å². The molecular formula is C22H19N5O2S. The summed E-state index contributed by atoms with van der Waals surface area (Å²) in [5.74, 6) is 0.184. The van der Waals surface area contributed by atoms with Crippen LogP contribution < -0.4 is 10.5 Å². The third kappa shape index (κ3) is 3.19. The summed E-state index contributed by atoms with van der Waals surface area (Å²) in [6, 6.07) is 17.6. The predicted molar refractivity (Wildman–Crippen MR) is 117 cm³/mol. The van der Waals surface area contributed by atoms with Crippen molar-refractivity contribution in [3.63, 3.8) is 0 Å². The summed E-state index contributed by atoms with van der Waals surface area (Å²) in [5, 5.41) is 5.13. The molecule has 1 N–H and O–H groups in total. The summed E-state index contributed by atoms with van der Waals surface area (Å²) < 4.78 is 1.63. The van der Waals surface area contributed by atoms with E-state index in [9.17, 15) is 9.59 Å². The van der Waals surface area contributed by atoms with E-state index in [1.54, 1.807) is 4.68 Å². The van der Waals surface area contributed by atoms with Gasteiger partial charge in [-0.05, 0) is 37.1 Å². The number of nitrogens with zero attached hydrogens (tertiary/aromatic N) is 4. The van der Waals surface area contributed by atoms with Crippen molar-refractivity contribution < 1.29 is 4.79 Å². The normalized spacial score (nSPS) is 15.5. The standard InChI is InChI=1S/C22H19N5O2S/c1-14-11-15-7-5-6-10-18(15)26(14)19(28)13-30-22-24-20-17(21(29)25-22)12-23-27(20)16-8-3-2-4-9-16/h2-10,12,14H,11,13H2,1H3,(H,24,25,29)/t14-/m1/s1. The summed E-state index contributed by atoms with van der Waals surface area (Å²) in [7, 11) is 0. The quantitative estimate of drug-likeness (QED) is 0.407. The minimum atomic E-state index is -0.267. The zero-order chi connectivity index (χ0) is 20.7. The number of thioether (sulfide) groups is 1. The highest BCUT2D eigenvalue weighted by molar-refractivity contribution is 7.99. The lowest BCUT2D eigenvalue weighted by Crippen LogP contribution is -2.37. The molecule has 0 bridgehead atoms. The van der Waals surface area contributed by atoms with Crippen LogP contribution in [0.4, 0.5) is 5.69 Å². The molecule has 1 aliphatic rings. The number of rotatable bonds is 4. The van der Waals surface area contributed by atoms with Crippen molar-refractivity contribution in [2.45, 2.75) is 24.5 Å². The minimum absolute atomic E-state index is 0.00300. The van der Waals surface area contributed by atoms with E-state index >= 15 is 0 Å². The second-order valence-corrected chi connectivity index (χ2v) is 8.20. The minimum Gasteiger partial charge on any atom is -0.308 e. The zero-order valence-electron chi connectivity index (χ0n) is 16.3. The van der Waals surface area contributed by atoms with Crippen molar-refractivity contribution in [2.24, 2.45) is 0 Å². The largest absolute Gasteiger partial charge is 0.308 e. The summed E-state index contributed by atoms with van der Waals surface area (Å²) in [6.07, 6.45) is 2.36. The van der Waals surface area contributed by atoms with E-state index in [1.165, 1.54) is 23.5 Å². The zero-order valence-corrected chi connectivity index (χ0v) is 17.1. The fraction of sp³-hybridized carbons (Fsp3) is 0.182. The number of para-hydroxylation sites is 2. The van der Waals surface area contributed by atoms with Crippen molar-refractivity contribution in [2.75, 3.05) is 10.7 Å². The average Bonchev–Trinajstić information content (AvgIpc) is 3.33. The number of anilines is 1. The molecule has 0 aliphatic carbocycles. The van der Waals surface area contributed by atoms with Crippen LogP contribution in [0.1, 0.15) is 12.5 Å². The van der Waals surface area contributed by atoms with Gasteiger partial charge < -0.3 is 9.88 Å². The molecule has 0 radical (unpaired) electrons. The molecule has 0 saturated heterocycles. The van der Waals surface area contributed by atoms with Gasteiger partial charge in [0.2, 0.25) is 5.91 Å². The van der Waals surface area contributed by atoms with Gasteiger partial charge in [-0.15, -0.1) is 0 Å². The molecule has 1 atom stereocenters. The number of aromatic nitrogens is 4. The number of carbonyl (C=O) groups is 1. The van der Waals surface area contributed by atoms with Crippen LogP contribution in [0.25, 0.3) is 16.7 Å². The third-order valence-corrected chi connectivity index (χ3v) is 6.08. The van der Waals surface area contributed by atoms with Crippen LogP contribution in [-0.2, 0) is 11.2 Å². The molecule has 3 heterocycles. The molecule has 0 spiro atoms. The molecule has 4 aromatic rings. The van der Waals surface area contributed by atoms with E-state index in [1.807, 2.05) is 60.4 Å². The second-order valence-electron chi connectivity index (χ2n) is 7.23. The van der Waals surface area contributed by atoms with Crippen LogP contribution in [0.5, 0.6) is 0 Å². The van der Waals surface area contributed by atoms with Crippen molar-refractivity contribution in [1.82, 2.24) is 19.7 Å². The van der Waals surface area contributed by atoms with Crippen molar-refractivity contribution in [3.05, 3.63) is 76.7 Å². The van der Waals surface area contributed by atoms with Gasteiger partial charge in [0.05, 0.1) is 17.6 Å². The Morgan fingerprint density at radius 1 is 1.17 bits per heavy atom. The molecule has 2 aromatic heterocycles. The van der Waals surface area contributed by atoms with E-state index < -0.39 is 0 Å². The first-order chi connectivity index (χ1) is 14.6.